The number of unbranched alkanes of at least 4 members (excludes halogenated alkanes) is 1. The van der Waals surface area contributed by atoms with Crippen LogP contribution in [0.3, 0.4) is 0 Å². The van der Waals surface area contributed by atoms with Crippen LogP contribution in [0.15, 0.2) is 35.3 Å². The number of ether oxygens (including phenoxy) is 1. The maximum absolute atomic E-state index is 14.5. The van der Waals surface area contributed by atoms with Gasteiger partial charge in [0.15, 0.2) is 11.6 Å². The van der Waals surface area contributed by atoms with E-state index in [1.807, 2.05) is 19.9 Å². The highest BCUT2D eigenvalue weighted by Crippen LogP contribution is 2.21. The highest BCUT2D eigenvalue weighted by molar-refractivity contribution is 5.62. The van der Waals surface area contributed by atoms with Gasteiger partial charge in [0.25, 0.3) is 0 Å². The van der Waals surface area contributed by atoms with Crippen molar-refractivity contribution in [3.63, 3.8) is 0 Å². The van der Waals surface area contributed by atoms with Crippen molar-refractivity contribution in [2.75, 3.05) is 19.6 Å². The van der Waals surface area contributed by atoms with E-state index >= 15 is 0 Å². The van der Waals surface area contributed by atoms with Gasteiger partial charge in [0, 0.05) is 11.4 Å². The molecule has 2 aromatic carbocycles. The lowest BCUT2D eigenvalue weighted by Crippen LogP contribution is -2.30. The van der Waals surface area contributed by atoms with Crippen LogP contribution in [0.5, 0.6) is 5.75 Å². The molecule has 0 atom stereocenters. The van der Waals surface area contributed by atoms with Crippen LogP contribution in [0.2, 0.25) is 0 Å². The second kappa shape index (κ2) is 13.9. The lowest BCUT2D eigenvalue weighted by atomic mass is 9.97. The maximum Gasteiger partial charge on any atom is 0.226 e. The fraction of sp³-hybridized carbons (Fsp3) is 0.483. The average molecular weight is 453 g/mol. The van der Waals surface area contributed by atoms with E-state index in [-0.39, 0.29) is 11.6 Å². The van der Waals surface area contributed by atoms with Gasteiger partial charge in [-0.25, -0.2) is 9.38 Å². The summed E-state index contributed by atoms with van der Waals surface area (Å²) in [5, 5.41) is 2.01. The van der Waals surface area contributed by atoms with Crippen molar-refractivity contribution in [2.45, 2.75) is 73.6 Å². The summed E-state index contributed by atoms with van der Waals surface area (Å²) in [6.45, 7) is 15.9. The topological polar surface area (TPSA) is 24.8 Å². The Labute approximate surface area is 199 Å². The first-order chi connectivity index (χ1) is 16.0. The summed E-state index contributed by atoms with van der Waals surface area (Å²) in [6.07, 6.45) is 9.18. The SMILES string of the molecule is C\C=N/C(Oc1ccc(C)cc1F)=c1/cc(CC)c(CCCCN(CC)CC)c/c1=C\CC. The monoisotopic (exact) mass is 452 g/mol. The predicted molar refractivity (Wildman–Crippen MR) is 140 cm³/mol. The number of rotatable bonds is 12. The summed E-state index contributed by atoms with van der Waals surface area (Å²) in [5.41, 5.74) is 3.55. The van der Waals surface area contributed by atoms with Crippen molar-refractivity contribution < 1.29 is 9.13 Å². The number of hydrogen-bond donors (Lipinski definition) is 0. The first-order valence-corrected chi connectivity index (χ1v) is 12.5. The van der Waals surface area contributed by atoms with Crippen LogP contribution in [0.1, 0.15) is 70.6 Å². The van der Waals surface area contributed by atoms with Gasteiger partial charge >= 0.3 is 0 Å². The molecule has 0 radical (unpaired) electrons. The molecule has 3 nitrogen and oxygen atoms in total. The molecule has 0 bridgehead atoms. The van der Waals surface area contributed by atoms with E-state index in [9.17, 15) is 4.39 Å². The number of hydrogen-bond acceptors (Lipinski definition) is 3. The molecule has 0 N–H and O–H groups in total. The summed E-state index contributed by atoms with van der Waals surface area (Å²) >= 11 is 0. The van der Waals surface area contributed by atoms with E-state index in [1.54, 1.807) is 12.3 Å². The van der Waals surface area contributed by atoms with E-state index in [0.717, 1.165) is 54.9 Å². The van der Waals surface area contributed by atoms with Gasteiger partial charge in [-0.3, -0.25) is 0 Å². The van der Waals surface area contributed by atoms with Crippen LogP contribution in [0, 0.1) is 12.7 Å². The van der Waals surface area contributed by atoms with Gasteiger partial charge in [-0.1, -0.05) is 45.9 Å². The van der Waals surface area contributed by atoms with Crippen molar-refractivity contribution in [2.24, 2.45) is 4.99 Å². The minimum Gasteiger partial charge on any atom is -0.435 e. The van der Waals surface area contributed by atoms with Gasteiger partial charge in [-0.15, -0.1) is 0 Å². The quantitative estimate of drug-likeness (QED) is 0.301. The minimum atomic E-state index is -0.375. The van der Waals surface area contributed by atoms with E-state index in [0.29, 0.717) is 5.88 Å². The number of halogens is 1. The molecule has 0 saturated heterocycles. The fourth-order valence-corrected chi connectivity index (χ4v) is 4.10. The van der Waals surface area contributed by atoms with Crippen molar-refractivity contribution in [3.05, 3.63) is 63.3 Å². The second-order valence-corrected chi connectivity index (χ2v) is 8.39. The summed E-state index contributed by atoms with van der Waals surface area (Å²) in [6, 6.07) is 9.48. The molecule has 0 fully saturated rings. The minimum absolute atomic E-state index is 0.196. The van der Waals surface area contributed by atoms with Crippen molar-refractivity contribution in [3.8, 4) is 5.75 Å². The van der Waals surface area contributed by atoms with Crippen LogP contribution < -0.4 is 15.2 Å². The Kier molecular flexibility index (Phi) is 11.3. The zero-order valence-electron chi connectivity index (χ0n) is 21.4. The Bertz CT molecular complexity index is 1040. The van der Waals surface area contributed by atoms with Gasteiger partial charge < -0.3 is 9.64 Å². The lowest BCUT2D eigenvalue weighted by molar-refractivity contribution is 0.297. The smallest absolute Gasteiger partial charge is 0.226 e. The number of aryl methyl sites for hydroxylation is 3. The third kappa shape index (κ3) is 7.82. The Hall–Kier alpha value is -2.46. The van der Waals surface area contributed by atoms with Gasteiger partial charge in [-0.2, -0.15) is 0 Å². The van der Waals surface area contributed by atoms with Crippen LogP contribution in [0.4, 0.5) is 4.39 Å². The zero-order valence-corrected chi connectivity index (χ0v) is 21.4. The molecule has 0 saturated carbocycles. The van der Waals surface area contributed by atoms with Crippen LogP contribution in [-0.4, -0.2) is 30.7 Å². The molecule has 0 aliphatic heterocycles. The normalized spacial score (nSPS) is 13.3. The average Bonchev–Trinajstić information content (AvgIpc) is 2.81. The van der Waals surface area contributed by atoms with Gasteiger partial charge in [0.05, 0.1) is 0 Å². The molecule has 0 aliphatic carbocycles. The van der Waals surface area contributed by atoms with Crippen LogP contribution in [-0.2, 0) is 12.8 Å². The summed E-state index contributed by atoms with van der Waals surface area (Å²) in [4.78, 5) is 6.97. The molecule has 180 valence electrons. The molecule has 0 aliphatic rings. The molecule has 0 heterocycles. The second-order valence-electron chi connectivity index (χ2n) is 8.39. The molecule has 2 rings (SSSR count). The first-order valence-electron chi connectivity index (χ1n) is 12.5. The lowest BCUT2D eigenvalue weighted by Gasteiger charge is -2.18. The standard InChI is InChI=1S/C29H41FN2O/c1-7-14-25-20-24(15-12-13-18-32(10-4)11-5)23(8-2)21-26(25)29(31-9-3)33-28-17-16-22(6)19-27(28)30/h9,14,16-17,19-21H,7-8,10-13,15,18H2,1-6H3/b25-14+,29-26+,31-9-. The Morgan fingerprint density at radius 2 is 1.79 bits per heavy atom. The Balaban J connectivity index is 2.47. The molecule has 0 aromatic heterocycles. The van der Waals surface area contributed by atoms with Crippen LogP contribution in [0.25, 0.3) is 12.0 Å². The molecule has 0 spiro atoms. The first kappa shape index (κ1) is 26.8. The third-order valence-electron chi connectivity index (χ3n) is 6.01. The molecule has 2 aromatic rings. The van der Waals surface area contributed by atoms with Gasteiger partial charge in [0.2, 0.25) is 5.88 Å². The van der Waals surface area contributed by atoms with Crippen LogP contribution >= 0.6 is 0 Å². The Morgan fingerprint density at radius 1 is 1.03 bits per heavy atom. The summed E-state index contributed by atoms with van der Waals surface area (Å²) in [5.74, 6) is 0.255. The van der Waals surface area contributed by atoms with Crippen molar-refractivity contribution >= 4 is 18.2 Å². The zero-order chi connectivity index (χ0) is 24.2. The predicted octanol–water partition coefficient (Wildman–Crippen LogP) is 5.79. The highest BCUT2D eigenvalue weighted by atomic mass is 19.1. The molecule has 4 heteroatoms. The van der Waals surface area contributed by atoms with Crippen molar-refractivity contribution in [1.29, 1.82) is 0 Å². The molecule has 0 unspecified atom stereocenters. The number of benzene rings is 2. The molecular formula is C29H41FN2O. The number of aliphatic imine (C=N–C) groups is 1. The van der Waals surface area contributed by atoms with Gasteiger partial charge in [0.1, 0.15) is 0 Å². The molecule has 0 amide bonds. The van der Waals surface area contributed by atoms with Crippen molar-refractivity contribution in [1.82, 2.24) is 4.90 Å². The Morgan fingerprint density at radius 3 is 2.39 bits per heavy atom. The number of nitrogens with zero attached hydrogens (tertiary/aromatic N) is 2. The summed E-state index contributed by atoms with van der Waals surface area (Å²) < 4.78 is 20.5. The third-order valence-corrected chi connectivity index (χ3v) is 6.01. The van der Waals surface area contributed by atoms with E-state index in [4.69, 9.17) is 4.74 Å². The maximum atomic E-state index is 14.5. The molecule has 33 heavy (non-hydrogen) atoms. The summed E-state index contributed by atoms with van der Waals surface area (Å²) in [7, 11) is 0. The largest absolute Gasteiger partial charge is 0.435 e. The van der Waals surface area contributed by atoms with E-state index < -0.39 is 0 Å². The van der Waals surface area contributed by atoms with E-state index in [1.165, 1.54) is 30.0 Å². The van der Waals surface area contributed by atoms with E-state index in [2.05, 4.69) is 55.8 Å². The molecular weight excluding hydrogens is 411 g/mol. The van der Waals surface area contributed by atoms with Gasteiger partial charge in [-0.05, 0) is 106 Å². The fourth-order valence-electron chi connectivity index (χ4n) is 4.10. The highest BCUT2D eigenvalue weighted by Gasteiger charge is 2.10.